The van der Waals surface area contributed by atoms with Gasteiger partial charge >= 0.3 is 0 Å². The zero-order chi connectivity index (χ0) is 8.15. The van der Waals surface area contributed by atoms with Gasteiger partial charge in [0.2, 0.25) is 0 Å². The Morgan fingerprint density at radius 1 is 1.40 bits per heavy atom. The quantitative estimate of drug-likeness (QED) is 0.576. The first-order valence-electron chi connectivity index (χ1n) is 3.56. The number of hydrogen-bond donors (Lipinski definition) is 2. The van der Waals surface area contributed by atoms with E-state index in [2.05, 4.69) is 6.58 Å². The van der Waals surface area contributed by atoms with Gasteiger partial charge in [-0.05, 0) is 19.3 Å². The first-order valence-corrected chi connectivity index (χ1v) is 3.56. The van der Waals surface area contributed by atoms with Crippen LogP contribution >= 0.6 is 0 Å². The Balaban J connectivity index is 3.60. The highest BCUT2D eigenvalue weighted by Crippen LogP contribution is 2.09. The fraction of sp³-hybridized carbons (Fsp3) is 0.750. The third-order valence-corrected chi connectivity index (χ3v) is 1.56. The third-order valence-electron chi connectivity index (χ3n) is 1.56. The standard InChI is InChI=1S/C8H16O2/c1-4-6(2)8(10)5-7(3)9/h4,6-10H,1,5H2,2-3H3. The van der Waals surface area contributed by atoms with Crippen molar-refractivity contribution in [1.29, 1.82) is 0 Å². The second kappa shape index (κ2) is 4.47. The summed E-state index contributed by atoms with van der Waals surface area (Å²) in [6.07, 6.45) is 1.22. The highest BCUT2D eigenvalue weighted by Gasteiger charge is 2.12. The summed E-state index contributed by atoms with van der Waals surface area (Å²) < 4.78 is 0. The minimum absolute atomic E-state index is 0.0644. The molecule has 10 heavy (non-hydrogen) atoms. The van der Waals surface area contributed by atoms with Gasteiger partial charge in [0.15, 0.2) is 0 Å². The Bertz CT molecular complexity index is 99.4. The summed E-state index contributed by atoms with van der Waals surface area (Å²) in [7, 11) is 0. The van der Waals surface area contributed by atoms with Crippen LogP contribution in [0.1, 0.15) is 20.3 Å². The van der Waals surface area contributed by atoms with E-state index in [1.165, 1.54) is 0 Å². The summed E-state index contributed by atoms with van der Waals surface area (Å²) in [6, 6.07) is 0. The van der Waals surface area contributed by atoms with E-state index in [9.17, 15) is 5.11 Å². The molecule has 0 aromatic rings. The highest BCUT2D eigenvalue weighted by atomic mass is 16.3. The molecular weight excluding hydrogens is 128 g/mol. The largest absolute Gasteiger partial charge is 0.393 e. The van der Waals surface area contributed by atoms with E-state index in [-0.39, 0.29) is 5.92 Å². The lowest BCUT2D eigenvalue weighted by molar-refractivity contribution is 0.0690. The minimum atomic E-state index is -0.461. The van der Waals surface area contributed by atoms with Gasteiger partial charge in [0.1, 0.15) is 0 Å². The molecule has 0 spiro atoms. The molecule has 0 aromatic heterocycles. The molecule has 2 heteroatoms. The molecule has 0 saturated carbocycles. The zero-order valence-corrected chi connectivity index (χ0v) is 6.62. The van der Waals surface area contributed by atoms with Crippen molar-refractivity contribution in [2.24, 2.45) is 5.92 Å². The van der Waals surface area contributed by atoms with Gasteiger partial charge in [-0.15, -0.1) is 6.58 Å². The zero-order valence-electron chi connectivity index (χ0n) is 6.62. The van der Waals surface area contributed by atoms with Crippen LogP contribution in [0.3, 0.4) is 0 Å². The molecule has 60 valence electrons. The van der Waals surface area contributed by atoms with Crippen LogP contribution in [-0.4, -0.2) is 22.4 Å². The lowest BCUT2D eigenvalue weighted by Crippen LogP contribution is -2.20. The predicted octanol–water partition coefficient (Wildman–Crippen LogP) is 0.940. The van der Waals surface area contributed by atoms with Gasteiger partial charge in [0.25, 0.3) is 0 Å². The lowest BCUT2D eigenvalue weighted by Gasteiger charge is -2.16. The third kappa shape index (κ3) is 3.64. The molecule has 2 N–H and O–H groups in total. The van der Waals surface area contributed by atoms with Gasteiger partial charge < -0.3 is 10.2 Å². The SMILES string of the molecule is C=CC(C)C(O)CC(C)O. The molecule has 0 heterocycles. The minimum Gasteiger partial charge on any atom is -0.393 e. The maximum Gasteiger partial charge on any atom is 0.0624 e. The van der Waals surface area contributed by atoms with Crippen molar-refractivity contribution in [3.63, 3.8) is 0 Å². The van der Waals surface area contributed by atoms with E-state index >= 15 is 0 Å². The molecule has 2 nitrogen and oxygen atoms in total. The topological polar surface area (TPSA) is 40.5 Å². The Labute approximate surface area is 62.2 Å². The molecule has 3 atom stereocenters. The van der Waals surface area contributed by atoms with E-state index in [0.29, 0.717) is 6.42 Å². The van der Waals surface area contributed by atoms with Crippen LogP contribution in [-0.2, 0) is 0 Å². The second-order valence-electron chi connectivity index (χ2n) is 2.75. The fourth-order valence-corrected chi connectivity index (χ4v) is 0.721. The van der Waals surface area contributed by atoms with Crippen LogP contribution in [0.5, 0.6) is 0 Å². The summed E-state index contributed by atoms with van der Waals surface area (Å²) in [5, 5.41) is 18.1. The van der Waals surface area contributed by atoms with Crippen molar-refractivity contribution in [3.05, 3.63) is 12.7 Å². The van der Waals surface area contributed by atoms with Crippen molar-refractivity contribution in [1.82, 2.24) is 0 Å². The van der Waals surface area contributed by atoms with Crippen LogP contribution in [0.15, 0.2) is 12.7 Å². The molecule has 0 aliphatic rings. The first-order chi connectivity index (χ1) is 4.57. The molecule has 0 aromatic carbocycles. The normalized spacial score (nSPS) is 19.6. The van der Waals surface area contributed by atoms with Crippen molar-refractivity contribution in [2.45, 2.75) is 32.5 Å². The monoisotopic (exact) mass is 144 g/mol. The van der Waals surface area contributed by atoms with Crippen LogP contribution in [0.4, 0.5) is 0 Å². The van der Waals surface area contributed by atoms with E-state index in [1.807, 2.05) is 6.92 Å². The Hall–Kier alpha value is -0.340. The molecule has 0 rings (SSSR count). The van der Waals surface area contributed by atoms with Crippen LogP contribution in [0.25, 0.3) is 0 Å². The summed E-state index contributed by atoms with van der Waals surface area (Å²) in [5.41, 5.74) is 0. The van der Waals surface area contributed by atoms with Crippen molar-refractivity contribution in [2.75, 3.05) is 0 Å². The summed E-state index contributed by atoms with van der Waals surface area (Å²) >= 11 is 0. The van der Waals surface area contributed by atoms with Crippen LogP contribution in [0, 0.1) is 5.92 Å². The number of hydrogen-bond acceptors (Lipinski definition) is 2. The smallest absolute Gasteiger partial charge is 0.0624 e. The van der Waals surface area contributed by atoms with Gasteiger partial charge in [-0.2, -0.15) is 0 Å². The Morgan fingerprint density at radius 3 is 2.20 bits per heavy atom. The van der Waals surface area contributed by atoms with Crippen LogP contribution < -0.4 is 0 Å². The summed E-state index contributed by atoms with van der Waals surface area (Å²) in [6.45, 7) is 7.09. The lowest BCUT2D eigenvalue weighted by atomic mass is 10.0. The van der Waals surface area contributed by atoms with Gasteiger partial charge in [0.05, 0.1) is 12.2 Å². The molecule has 0 aliphatic heterocycles. The Morgan fingerprint density at radius 2 is 1.90 bits per heavy atom. The van der Waals surface area contributed by atoms with Crippen molar-refractivity contribution in [3.8, 4) is 0 Å². The van der Waals surface area contributed by atoms with Gasteiger partial charge in [-0.3, -0.25) is 0 Å². The average molecular weight is 144 g/mol. The van der Waals surface area contributed by atoms with Gasteiger partial charge in [-0.25, -0.2) is 0 Å². The summed E-state index contributed by atoms with van der Waals surface area (Å²) in [4.78, 5) is 0. The fourth-order valence-electron chi connectivity index (χ4n) is 0.721. The van der Waals surface area contributed by atoms with E-state index in [4.69, 9.17) is 5.11 Å². The molecule has 0 saturated heterocycles. The van der Waals surface area contributed by atoms with Crippen molar-refractivity contribution < 1.29 is 10.2 Å². The number of aliphatic hydroxyl groups is 2. The van der Waals surface area contributed by atoms with E-state index in [1.54, 1.807) is 13.0 Å². The molecule has 0 fully saturated rings. The predicted molar refractivity (Wildman–Crippen MR) is 41.7 cm³/mol. The van der Waals surface area contributed by atoms with Crippen LogP contribution in [0.2, 0.25) is 0 Å². The van der Waals surface area contributed by atoms with Crippen molar-refractivity contribution >= 4 is 0 Å². The molecule has 3 unspecified atom stereocenters. The van der Waals surface area contributed by atoms with E-state index < -0.39 is 12.2 Å². The molecular formula is C8H16O2. The molecule has 0 amide bonds. The average Bonchev–Trinajstić information content (AvgIpc) is 1.85. The van der Waals surface area contributed by atoms with Gasteiger partial charge in [-0.1, -0.05) is 13.0 Å². The summed E-state index contributed by atoms with van der Waals surface area (Å²) in [5.74, 6) is 0.0644. The molecule has 0 radical (unpaired) electrons. The maximum atomic E-state index is 9.26. The Kier molecular flexibility index (Phi) is 4.32. The number of rotatable bonds is 4. The van der Waals surface area contributed by atoms with Gasteiger partial charge in [0, 0.05) is 0 Å². The highest BCUT2D eigenvalue weighted by molar-refractivity contribution is 4.81. The van der Waals surface area contributed by atoms with E-state index in [0.717, 1.165) is 0 Å². The first kappa shape index (κ1) is 9.66. The number of aliphatic hydroxyl groups excluding tert-OH is 2. The molecule has 0 aliphatic carbocycles. The second-order valence-corrected chi connectivity index (χ2v) is 2.75. The molecule has 0 bridgehead atoms. The maximum absolute atomic E-state index is 9.26.